The Labute approximate surface area is 96.8 Å². The van der Waals surface area contributed by atoms with Gasteiger partial charge in [0.2, 0.25) is 5.78 Å². The van der Waals surface area contributed by atoms with Crippen molar-refractivity contribution in [1.82, 2.24) is 0 Å². The Morgan fingerprint density at radius 2 is 2.00 bits per heavy atom. The summed E-state index contributed by atoms with van der Waals surface area (Å²) in [5.74, 6) is -1.22. The maximum absolute atomic E-state index is 12.6. The number of hydrogen-bond donors (Lipinski definition) is 0. The lowest BCUT2D eigenvalue weighted by atomic mass is 10.1. The average molecular weight is 328 g/mol. The van der Waals surface area contributed by atoms with Crippen LogP contribution in [0.5, 0.6) is 0 Å². The van der Waals surface area contributed by atoms with Gasteiger partial charge >= 0.3 is 4.83 Å². The molecule has 0 aromatic heterocycles. The van der Waals surface area contributed by atoms with E-state index in [0.717, 1.165) is 4.47 Å². The zero-order valence-corrected chi connectivity index (χ0v) is 10.3. The second-order valence-corrected chi connectivity index (χ2v) is 4.70. The summed E-state index contributed by atoms with van der Waals surface area (Å²) in [5.41, 5.74) is 0.540. The number of Topliss-reactive ketones (excluding diaryl/α,β-unsaturated/α-hetero) is 1. The van der Waals surface area contributed by atoms with Crippen LogP contribution in [0.15, 0.2) is 22.7 Å². The molecule has 0 fully saturated rings. The first-order chi connectivity index (χ1) is 6.32. The van der Waals surface area contributed by atoms with Crippen LogP contribution >= 0.6 is 31.9 Å². The molecule has 0 atom stereocenters. The third-order valence-corrected chi connectivity index (χ3v) is 2.54. The molecule has 0 heterocycles. The molecule has 0 saturated carbocycles. The summed E-state index contributed by atoms with van der Waals surface area (Å²) in [6.07, 6.45) is 0. The van der Waals surface area contributed by atoms with E-state index in [4.69, 9.17) is 0 Å². The molecule has 0 unspecified atom stereocenters. The fourth-order valence-electron chi connectivity index (χ4n) is 1.03. The zero-order chi connectivity index (χ0) is 10.9. The van der Waals surface area contributed by atoms with Crippen LogP contribution in [0.4, 0.5) is 8.78 Å². The number of carbonyl (C=O) groups is 1. The summed E-state index contributed by atoms with van der Waals surface area (Å²) in [5, 5.41) is 0. The van der Waals surface area contributed by atoms with E-state index < -0.39 is 10.6 Å². The molecule has 0 saturated heterocycles. The van der Waals surface area contributed by atoms with E-state index >= 15 is 0 Å². The molecule has 1 aromatic rings. The van der Waals surface area contributed by atoms with E-state index in [0.29, 0.717) is 5.56 Å². The first-order valence-electron chi connectivity index (χ1n) is 3.70. The van der Waals surface area contributed by atoms with Crippen LogP contribution in [0.2, 0.25) is 0 Å². The molecule has 76 valence electrons. The largest absolute Gasteiger partial charge is 0.363 e. The van der Waals surface area contributed by atoms with Crippen LogP contribution in [-0.2, 0) is 0 Å². The van der Waals surface area contributed by atoms with Gasteiger partial charge in [0.05, 0.1) is 0 Å². The first kappa shape index (κ1) is 11.8. The number of benzene rings is 1. The van der Waals surface area contributed by atoms with Crippen LogP contribution in [0.1, 0.15) is 15.9 Å². The highest BCUT2D eigenvalue weighted by molar-refractivity contribution is 9.10. The van der Waals surface area contributed by atoms with Crippen molar-refractivity contribution in [2.24, 2.45) is 0 Å². The molecule has 5 heteroatoms. The van der Waals surface area contributed by atoms with Gasteiger partial charge in [-0.3, -0.25) is 4.79 Å². The van der Waals surface area contributed by atoms with Gasteiger partial charge < -0.3 is 0 Å². The summed E-state index contributed by atoms with van der Waals surface area (Å²) < 4.78 is 26.0. The lowest BCUT2D eigenvalue weighted by Crippen LogP contribution is -2.21. The first-order valence-corrected chi connectivity index (χ1v) is 5.28. The minimum Gasteiger partial charge on any atom is -0.286 e. The van der Waals surface area contributed by atoms with Crippen LogP contribution in [0.25, 0.3) is 0 Å². The van der Waals surface area contributed by atoms with Crippen LogP contribution in [0, 0.1) is 6.92 Å². The number of rotatable bonds is 2. The van der Waals surface area contributed by atoms with Crippen molar-refractivity contribution in [1.29, 1.82) is 0 Å². The highest BCUT2D eigenvalue weighted by Gasteiger charge is 2.36. The Bertz CT molecular complexity index is 372. The molecule has 0 radical (unpaired) electrons. The minimum atomic E-state index is -3.49. The Morgan fingerprint density at radius 3 is 2.43 bits per heavy atom. The van der Waals surface area contributed by atoms with Gasteiger partial charge in [-0.15, -0.1) is 0 Å². The molecule has 14 heavy (non-hydrogen) atoms. The Kier molecular flexibility index (Phi) is 3.42. The highest BCUT2D eigenvalue weighted by atomic mass is 79.9. The molecule has 0 aliphatic carbocycles. The summed E-state index contributed by atoms with van der Waals surface area (Å²) in [7, 11) is 0. The van der Waals surface area contributed by atoms with Crippen molar-refractivity contribution in [2.45, 2.75) is 11.8 Å². The normalized spacial score (nSPS) is 11.5. The molecule has 1 nitrogen and oxygen atoms in total. The second kappa shape index (κ2) is 4.06. The van der Waals surface area contributed by atoms with Crippen molar-refractivity contribution in [3.63, 3.8) is 0 Å². The quantitative estimate of drug-likeness (QED) is 0.594. The predicted molar refractivity (Wildman–Crippen MR) is 57.1 cm³/mol. The summed E-state index contributed by atoms with van der Waals surface area (Å²) in [4.78, 5) is 7.69. The third kappa shape index (κ3) is 2.60. The maximum atomic E-state index is 12.6. The standard InChI is InChI=1S/C9H6Br2F2O/c1-5-4-6(10)2-3-7(5)8(14)9(11,12)13/h2-4H,1H3. The van der Waals surface area contributed by atoms with Gasteiger partial charge in [0.15, 0.2) is 0 Å². The van der Waals surface area contributed by atoms with Gasteiger partial charge in [0.1, 0.15) is 0 Å². The topological polar surface area (TPSA) is 17.1 Å². The third-order valence-electron chi connectivity index (χ3n) is 1.69. The molecule has 0 N–H and O–H groups in total. The fourth-order valence-corrected chi connectivity index (χ4v) is 1.72. The van der Waals surface area contributed by atoms with E-state index in [1.807, 2.05) is 15.9 Å². The lowest BCUT2D eigenvalue weighted by molar-refractivity contribution is 0.0592. The molecular weight excluding hydrogens is 322 g/mol. The number of aryl methyl sites for hydroxylation is 1. The number of carbonyl (C=O) groups excluding carboxylic acids is 1. The maximum Gasteiger partial charge on any atom is 0.363 e. The van der Waals surface area contributed by atoms with E-state index in [-0.39, 0.29) is 5.56 Å². The molecule has 0 aliphatic heterocycles. The summed E-state index contributed by atoms with van der Waals surface area (Å²) in [6.45, 7) is 1.61. The predicted octanol–water partition coefficient (Wildman–Crippen LogP) is 3.93. The smallest absolute Gasteiger partial charge is 0.286 e. The van der Waals surface area contributed by atoms with Crippen LogP contribution in [0.3, 0.4) is 0 Å². The van der Waals surface area contributed by atoms with E-state index in [2.05, 4.69) is 15.9 Å². The molecule has 1 rings (SSSR count). The average Bonchev–Trinajstić information content (AvgIpc) is 2.01. The summed E-state index contributed by atoms with van der Waals surface area (Å²) >= 11 is 5.22. The Morgan fingerprint density at radius 1 is 1.43 bits per heavy atom. The lowest BCUT2D eigenvalue weighted by Gasteiger charge is -2.09. The fraction of sp³-hybridized carbons (Fsp3) is 0.222. The van der Waals surface area contributed by atoms with Crippen molar-refractivity contribution < 1.29 is 13.6 Å². The SMILES string of the molecule is Cc1cc(Br)ccc1C(=O)C(F)(F)Br. The van der Waals surface area contributed by atoms with Crippen molar-refractivity contribution >= 4 is 37.6 Å². The van der Waals surface area contributed by atoms with E-state index in [1.165, 1.54) is 6.07 Å². The van der Waals surface area contributed by atoms with Gasteiger partial charge in [-0.05, 0) is 46.6 Å². The number of halogens is 4. The van der Waals surface area contributed by atoms with E-state index in [1.54, 1.807) is 19.1 Å². The molecule has 0 amide bonds. The molecule has 0 aliphatic rings. The van der Waals surface area contributed by atoms with Crippen LogP contribution < -0.4 is 0 Å². The minimum absolute atomic E-state index is 0.0232. The van der Waals surface area contributed by atoms with Crippen LogP contribution in [-0.4, -0.2) is 10.6 Å². The van der Waals surface area contributed by atoms with Gasteiger partial charge in [0, 0.05) is 10.0 Å². The van der Waals surface area contributed by atoms with Crippen molar-refractivity contribution in [3.05, 3.63) is 33.8 Å². The monoisotopic (exact) mass is 326 g/mol. The molecular formula is C9H6Br2F2O. The number of alkyl halides is 3. The molecule has 0 spiro atoms. The summed E-state index contributed by atoms with van der Waals surface area (Å²) in [6, 6.07) is 4.54. The zero-order valence-electron chi connectivity index (χ0n) is 7.15. The van der Waals surface area contributed by atoms with Gasteiger partial charge in [0.25, 0.3) is 0 Å². The second-order valence-electron chi connectivity index (χ2n) is 2.79. The van der Waals surface area contributed by atoms with Crippen molar-refractivity contribution in [2.75, 3.05) is 0 Å². The highest BCUT2D eigenvalue weighted by Crippen LogP contribution is 2.28. The number of ketones is 1. The Balaban J connectivity index is 3.15. The molecule has 1 aromatic carbocycles. The van der Waals surface area contributed by atoms with Gasteiger partial charge in [-0.1, -0.05) is 15.9 Å². The molecule has 0 bridgehead atoms. The Hall–Kier alpha value is -0.290. The van der Waals surface area contributed by atoms with Gasteiger partial charge in [-0.2, -0.15) is 8.78 Å². The van der Waals surface area contributed by atoms with Crippen molar-refractivity contribution in [3.8, 4) is 0 Å². The number of hydrogen-bond acceptors (Lipinski definition) is 1. The van der Waals surface area contributed by atoms with E-state index in [9.17, 15) is 13.6 Å². The van der Waals surface area contributed by atoms with Gasteiger partial charge in [-0.25, -0.2) is 0 Å².